The van der Waals surface area contributed by atoms with E-state index in [-0.39, 0.29) is 11.9 Å². The summed E-state index contributed by atoms with van der Waals surface area (Å²) in [6.07, 6.45) is 2.81. The monoisotopic (exact) mass is 285 g/mol. The van der Waals surface area contributed by atoms with Crippen LogP contribution in [-0.2, 0) is 13.0 Å². The molecule has 0 saturated carbocycles. The fourth-order valence-electron chi connectivity index (χ4n) is 2.38. The third-order valence-corrected chi connectivity index (χ3v) is 3.73. The Morgan fingerprint density at radius 1 is 1.29 bits per heavy atom. The van der Waals surface area contributed by atoms with Crippen LogP contribution in [0.1, 0.15) is 48.4 Å². The van der Waals surface area contributed by atoms with Crippen LogP contribution in [0.15, 0.2) is 36.5 Å². The van der Waals surface area contributed by atoms with Crippen molar-refractivity contribution >= 4 is 11.6 Å². The van der Waals surface area contributed by atoms with E-state index in [4.69, 9.17) is 5.73 Å². The van der Waals surface area contributed by atoms with E-state index in [2.05, 4.69) is 36.5 Å². The molecule has 0 aliphatic heterocycles. The van der Waals surface area contributed by atoms with Crippen molar-refractivity contribution in [1.29, 1.82) is 0 Å². The zero-order valence-corrected chi connectivity index (χ0v) is 12.9. The zero-order chi connectivity index (χ0) is 15.4. The summed E-state index contributed by atoms with van der Waals surface area (Å²) >= 11 is 0. The Morgan fingerprint density at radius 2 is 1.95 bits per heavy atom. The second-order valence-corrected chi connectivity index (χ2v) is 5.23. The Morgan fingerprint density at radius 3 is 2.52 bits per heavy atom. The van der Waals surface area contributed by atoms with Crippen molar-refractivity contribution in [2.24, 2.45) is 0 Å². The molecule has 0 saturated heterocycles. The average molecular weight is 285 g/mol. The van der Waals surface area contributed by atoms with E-state index in [0.29, 0.717) is 11.4 Å². The van der Waals surface area contributed by atoms with Gasteiger partial charge in [-0.2, -0.15) is 0 Å². The quantitative estimate of drug-likeness (QED) is 0.886. The summed E-state index contributed by atoms with van der Waals surface area (Å²) in [5.74, 6) is -0.0966. The first-order valence-electron chi connectivity index (χ1n) is 7.40. The Hall–Kier alpha value is -2.23. The van der Waals surface area contributed by atoms with Gasteiger partial charge >= 0.3 is 0 Å². The molecule has 3 N–H and O–H groups in total. The molecule has 1 heterocycles. The predicted octanol–water partition coefficient (Wildman–Crippen LogP) is 3.14. The molecule has 1 aromatic carbocycles. The second kappa shape index (κ2) is 6.48. The number of nitrogens with zero attached hydrogens (tertiary/aromatic N) is 1. The summed E-state index contributed by atoms with van der Waals surface area (Å²) in [5, 5.41) is 3.02. The number of carbonyl (C=O) groups excluding carboxylic acids is 1. The van der Waals surface area contributed by atoms with E-state index in [9.17, 15) is 4.79 Å². The minimum Gasteiger partial charge on any atom is -0.397 e. The van der Waals surface area contributed by atoms with Gasteiger partial charge in [-0.25, -0.2) is 0 Å². The topological polar surface area (TPSA) is 60.1 Å². The summed E-state index contributed by atoms with van der Waals surface area (Å²) in [6.45, 7) is 6.83. The van der Waals surface area contributed by atoms with Crippen molar-refractivity contribution in [2.45, 2.75) is 39.8 Å². The van der Waals surface area contributed by atoms with Crippen LogP contribution in [0.2, 0.25) is 0 Å². The van der Waals surface area contributed by atoms with Crippen molar-refractivity contribution in [1.82, 2.24) is 9.88 Å². The maximum absolute atomic E-state index is 12.4. The normalized spacial score (nSPS) is 12.1. The molecule has 0 aliphatic carbocycles. The van der Waals surface area contributed by atoms with Crippen molar-refractivity contribution < 1.29 is 4.79 Å². The lowest BCUT2D eigenvalue weighted by atomic mass is 10.0. The average Bonchev–Trinajstić information content (AvgIpc) is 2.88. The lowest BCUT2D eigenvalue weighted by Gasteiger charge is -2.15. The highest BCUT2D eigenvalue weighted by Crippen LogP contribution is 2.16. The number of aromatic nitrogens is 1. The van der Waals surface area contributed by atoms with Crippen molar-refractivity contribution in [2.75, 3.05) is 5.73 Å². The largest absolute Gasteiger partial charge is 0.397 e. The molecule has 2 rings (SSSR count). The van der Waals surface area contributed by atoms with Gasteiger partial charge in [0.25, 0.3) is 5.91 Å². The molecule has 4 heteroatoms. The van der Waals surface area contributed by atoms with Crippen molar-refractivity contribution in [3.05, 3.63) is 53.3 Å². The Labute approximate surface area is 126 Å². The minimum atomic E-state index is -0.0966. The van der Waals surface area contributed by atoms with Gasteiger partial charge in [0.05, 0.1) is 11.7 Å². The van der Waals surface area contributed by atoms with Crippen LogP contribution in [0, 0.1) is 0 Å². The molecule has 4 nitrogen and oxygen atoms in total. The van der Waals surface area contributed by atoms with Gasteiger partial charge in [0, 0.05) is 12.7 Å². The second-order valence-electron chi connectivity index (χ2n) is 5.23. The van der Waals surface area contributed by atoms with Crippen molar-refractivity contribution in [3.63, 3.8) is 0 Å². The van der Waals surface area contributed by atoms with Gasteiger partial charge < -0.3 is 15.6 Å². The number of nitrogen functional groups attached to an aromatic ring is 1. The fraction of sp³-hybridized carbons (Fsp3) is 0.353. The fourth-order valence-corrected chi connectivity index (χ4v) is 2.38. The number of amides is 1. The molecule has 0 bridgehead atoms. The molecule has 0 radical (unpaired) electrons. The molecular weight excluding hydrogens is 262 g/mol. The maximum Gasteiger partial charge on any atom is 0.268 e. The van der Waals surface area contributed by atoms with Crippen LogP contribution < -0.4 is 11.1 Å². The lowest BCUT2D eigenvalue weighted by Crippen LogP contribution is -2.28. The Kier molecular flexibility index (Phi) is 4.68. The van der Waals surface area contributed by atoms with Crippen LogP contribution in [0.5, 0.6) is 0 Å². The van der Waals surface area contributed by atoms with E-state index < -0.39 is 0 Å². The molecule has 112 valence electrons. The zero-order valence-electron chi connectivity index (χ0n) is 12.9. The number of carbonyl (C=O) groups is 1. The van der Waals surface area contributed by atoms with Crippen LogP contribution in [0.3, 0.4) is 0 Å². The molecule has 1 unspecified atom stereocenters. The summed E-state index contributed by atoms with van der Waals surface area (Å²) < 4.78 is 1.86. The number of rotatable bonds is 5. The molecule has 2 aromatic rings. The minimum absolute atomic E-state index is 0.0372. The molecular formula is C17H23N3O. The molecule has 0 spiro atoms. The number of hydrogen-bond donors (Lipinski definition) is 2. The number of hydrogen-bond acceptors (Lipinski definition) is 2. The van der Waals surface area contributed by atoms with Gasteiger partial charge in [-0.3, -0.25) is 4.79 Å². The smallest absolute Gasteiger partial charge is 0.268 e. The van der Waals surface area contributed by atoms with Gasteiger partial charge in [-0.05, 0) is 37.5 Å². The highest BCUT2D eigenvalue weighted by Gasteiger charge is 2.15. The predicted molar refractivity (Wildman–Crippen MR) is 86.2 cm³/mol. The molecule has 21 heavy (non-hydrogen) atoms. The number of nitrogens with one attached hydrogen (secondary N) is 1. The van der Waals surface area contributed by atoms with Crippen LogP contribution >= 0.6 is 0 Å². The first-order chi connectivity index (χ1) is 10.0. The van der Waals surface area contributed by atoms with Gasteiger partial charge in [-0.15, -0.1) is 0 Å². The summed E-state index contributed by atoms with van der Waals surface area (Å²) in [7, 11) is 0. The number of benzene rings is 1. The summed E-state index contributed by atoms with van der Waals surface area (Å²) in [6, 6.07) is 10.0. The molecule has 1 amide bonds. The van der Waals surface area contributed by atoms with E-state index in [1.165, 1.54) is 5.56 Å². The van der Waals surface area contributed by atoms with Crippen molar-refractivity contribution in [3.8, 4) is 0 Å². The summed E-state index contributed by atoms with van der Waals surface area (Å²) in [4.78, 5) is 12.4. The highest BCUT2D eigenvalue weighted by molar-refractivity contribution is 5.94. The molecule has 1 atom stereocenters. The number of anilines is 1. The SMILES string of the molecule is CCc1ccc(C(C)NC(=O)c2cc(N)cn2CC)cc1. The van der Waals surface area contributed by atoms with Gasteiger partial charge in [0.15, 0.2) is 0 Å². The standard InChI is InChI=1S/C17H23N3O/c1-4-13-6-8-14(9-7-13)12(3)19-17(21)16-10-15(18)11-20(16)5-2/h6-12H,4-5,18H2,1-3H3,(H,19,21). The molecule has 0 fully saturated rings. The van der Waals surface area contributed by atoms with Gasteiger partial charge in [-0.1, -0.05) is 31.2 Å². The van der Waals surface area contributed by atoms with E-state index in [1.54, 1.807) is 12.3 Å². The van der Waals surface area contributed by atoms with E-state index in [0.717, 1.165) is 18.5 Å². The number of aryl methyl sites for hydroxylation is 2. The van der Waals surface area contributed by atoms with E-state index in [1.807, 2.05) is 18.4 Å². The Balaban J connectivity index is 2.10. The third-order valence-electron chi connectivity index (χ3n) is 3.73. The van der Waals surface area contributed by atoms with Gasteiger partial charge in [0.1, 0.15) is 5.69 Å². The molecule has 0 aliphatic rings. The first kappa shape index (κ1) is 15.2. The Bertz CT molecular complexity index is 613. The van der Waals surface area contributed by atoms with Crippen LogP contribution in [0.4, 0.5) is 5.69 Å². The van der Waals surface area contributed by atoms with Gasteiger partial charge in [0.2, 0.25) is 0 Å². The molecule has 1 aromatic heterocycles. The highest BCUT2D eigenvalue weighted by atomic mass is 16.2. The first-order valence-corrected chi connectivity index (χ1v) is 7.40. The van der Waals surface area contributed by atoms with E-state index >= 15 is 0 Å². The van der Waals surface area contributed by atoms with Crippen LogP contribution in [0.25, 0.3) is 0 Å². The maximum atomic E-state index is 12.4. The number of nitrogens with two attached hydrogens (primary N) is 1. The summed E-state index contributed by atoms with van der Waals surface area (Å²) in [5.41, 5.74) is 9.38. The third kappa shape index (κ3) is 3.45. The lowest BCUT2D eigenvalue weighted by molar-refractivity contribution is 0.0930. The van der Waals surface area contributed by atoms with Crippen LogP contribution in [-0.4, -0.2) is 10.5 Å².